The Hall–Kier alpha value is 0.220. The first-order valence-corrected chi connectivity index (χ1v) is 4.75. The normalized spacial score (nSPS) is 10.9. The van der Waals surface area contributed by atoms with Gasteiger partial charge in [0.05, 0.1) is 0 Å². The smallest absolute Gasteiger partial charge is 0.00659 e. The molecule has 0 aliphatic heterocycles. The van der Waals surface area contributed by atoms with Gasteiger partial charge in [0.2, 0.25) is 0 Å². The molecular weight excluding hydrogens is 176 g/mol. The van der Waals surface area contributed by atoms with Crippen LogP contribution >= 0.6 is 15.9 Å². The fourth-order valence-electron chi connectivity index (χ4n) is 0.621. The molecule has 0 N–H and O–H groups in total. The summed E-state index contributed by atoms with van der Waals surface area (Å²) in [5, 5.41) is 1.09. The van der Waals surface area contributed by atoms with E-state index in [0.717, 1.165) is 5.33 Å². The third-order valence-electron chi connectivity index (χ3n) is 1.17. The third kappa shape index (κ3) is 8.22. The summed E-state index contributed by atoms with van der Waals surface area (Å²) in [7, 11) is 0. The molecule has 0 spiro atoms. The molecule has 0 saturated carbocycles. The highest BCUT2D eigenvalue weighted by atomic mass is 79.9. The molecule has 1 heteroatoms. The molecular formula is C8H15Br. The van der Waals surface area contributed by atoms with Gasteiger partial charge in [-0.3, -0.25) is 0 Å². The van der Waals surface area contributed by atoms with E-state index < -0.39 is 0 Å². The SMILES string of the molecule is CCCC/C=C\CCBr. The van der Waals surface area contributed by atoms with Crippen molar-refractivity contribution in [2.45, 2.75) is 32.6 Å². The lowest BCUT2D eigenvalue weighted by Gasteiger charge is -1.86. The van der Waals surface area contributed by atoms with Crippen molar-refractivity contribution in [1.29, 1.82) is 0 Å². The molecule has 54 valence electrons. The summed E-state index contributed by atoms with van der Waals surface area (Å²) in [6, 6.07) is 0. The number of unbranched alkanes of at least 4 members (excludes halogenated alkanes) is 2. The maximum absolute atomic E-state index is 3.37. The van der Waals surface area contributed by atoms with Crippen molar-refractivity contribution in [3.05, 3.63) is 12.2 Å². The summed E-state index contributed by atoms with van der Waals surface area (Å²) < 4.78 is 0. The molecule has 0 aliphatic carbocycles. The van der Waals surface area contributed by atoms with E-state index in [1.54, 1.807) is 0 Å². The zero-order valence-corrected chi connectivity index (χ0v) is 7.65. The second-order valence-corrected chi connectivity index (χ2v) is 2.88. The van der Waals surface area contributed by atoms with E-state index in [1.165, 1.54) is 25.7 Å². The first-order chi connectivity index (χ1) is 4.41. The highest BCUT2D eigenvalue weighted by Crippen LogP contribution is 1.96. The van der Waals surface area contributed by atoms with Gasteiger partial charge in [-0.15, -0.1) is 0 Å². The second-order valence-electron chi connectivity index (χ2n) is 2.09. The molecule has 9 heavy (non-hydrogen) atoms. The van der Waals surface area contributed by atoms with Crippen LogP contribution in [0.5, 0.6) is 0 Å². The van der Waals surface area contributed by atoms with E-state index in [9.17, 15) is 0 Å². The van der Waals surface area contributed by atoms with Crippen LogP contribution in [0, 0.1) is 0 Å². The number of hydrogen-bond donors (Lipinski definition) is 0. The van der Waals surface area contributed by atoms with E-state index >= 15 is 0 Å². The summed E-state index contributed by atoms with van der Waals surface area (Å²) in [6.45, 7) is 2.22. The van der Waals surface area contributed by atoms with Crippen LogP contribution in [0.2, 0.25) is 0 Å². The summed E-state index contributed by atoms with van der Waals surface area (Å²) >= 11 is 3.37. The number of halogens is 1. The molecule has 0 aromatic carbocycles. The molecule has 0 aromatic rings. The van der Waals surface area contributed by atoms with Crippen LogP contribution in [-0.4, -0.2) is 5.33 Å². The number of alkyl halides is 1. The van der Waals surface area contributed by atoms with Gasteiger partial charge in [-0.2, -0.15) is 0 Å². The molecule has 0 rings (SSSR count). The van der Waals surface area contributed by atoms with Gasteiger partial charge in [0.25, 0.3) is 0 Å². The molecule has 0 aromatic heterocycles. The predicted molar refractivity (Wildman–Crippen MR) is 47.1 cm³/mol. The van der Waals surface area contributed by atoms with Gasteiger partial charge in [-0.25, -0.2) is 0 Å². The zero-order valence-electron chi connectivity index (χ0n) is 6.07. The first kappa shape index (κ1) is 9.22. The predicted octanol–water partition coefficient (Wildman–Crippen LogP) is 3.52. The molecule has 0 radical (unpaired) electrons. The fourth-order valence-corrected chi connectivity index (χ4v) is 0.885. The quantitative estimate of drug-likeness (QED) is 0.354. The number of rotatable bonds is 5. The number of hydrogen-bond acceptors (Lipinski definition) is 0. The molecule has 0 heterocycles. The lowest BCUT2D eigenvalue weighted by atomic mass is 10.2. The Bertz CT molecular complexity index is 67.0. The van der Waals surface area contributed by atoms with Crippen molar-refractivity contribution in [3.8, 4) is 0 Å². The van der Waals surface area contributed by atoms with Crippen molar-refractivity contribution in [3.63, 3.8) is 0 Å². The van der Waals surface area contributed by atoms with E-state index in [-0.39, 0.29) is 0 Å². The van der Waals surface area contributed by atoms with Gasteiger partial charge in [0.1, 0.15) is 0 Å². The molecule has 0 nitrogen and oxygen atoms in total. The average Bonchev–Trinajstić information content (AvgIpc) is 1.89. The Morgan fingerprint density at radius 1 is 1.22 bits per heavy atom. The Labute approximate surface area is 66.5 Å². The summed E-state index contributed by atoms with van der Waals surface area (Å²) in [4.78, 5) is 0. The maximum atomic E-state index is 3.37. The minimum atomic E-state index is 1.09. The molecule has 0 fully saturated rings. The minimum absolute atomic E-state index is 1.09. The summed E-state index contributed by atoms with van der Waals surface area (Å²) in [6.07, 6.45) is 9.57. The van der Waals surface area contributed by atoms with Crippen molar-refractivity contribution >= 4 is 15.9 Å². The summed E-state index contributed by atoms with van der Waals surface area (Å²) in [5.41, 5.74) is 0. The largest absolute Gasteiger partial charge is 0.0925 e. The van der Waals surface area contributed by atoms with E-state index in [0.29, 0.717) is 0 Å². The van der Waals surface area contributed by atoms with Crippen molar-refractivity contribution < 1.29 is 0 Å². The van der Waals surface area contributed by atoms with Crippen LogP contribution in [0.25, 0.3) is 0 Å². The van der Waals surface area contributed by atoms with Crippen LogP contribution in [0.4, 0.5) is 0 Å². The Morgan fingerprint density at radius 2 is 1.89 bits per heavy atom. The van der Waals surface area contributed by atoms with Crippen LogP contribution in [0.15, 0.2) is 12.2 Å². The fraction of sp³-hybridized carbons (Fsp3) is 0.750. The molecule has 0 atom stereocenters. The Kier molecular flexibility index (Phi) is 8.42. The van der Waals surface area contributed by atoms with Gasteiger partial charge in [-0.05, 0) is 12.8 Å². The van der Waals surface area contributed by atoms with E-state index in [1.807, 2.05) is 0 Å². The first-order valence-electron chi connectivity index (χ1n) is 3.62. The Morgan fingerprint density at radius 3 is 2.44 bits per heavy atom. The molecule has 0 bridgehead atoms. The number of allylic oxidation sites excluding steroid dienone is 2. The van der Waals surface area contributed by atoms with Crippen molar-refractivity contribution in [2.75, 3.05) is 5.33 Å². The van der Waals surface area contributed by atoms with Gasteiger partial charge < -0.3 is 0 Å². The minimum Gasteiger partial charge on any atom is -0.0925 e. The monoisotopic (exact) mass is 190 g/mol. The molecule has 0 amide bonds. The third-order valence-corrected chi connectivity index (χ3v) is 1.62. The molecule has 0 unspecified atom stereocenters. The van der Waals surface area contributed by atoms with Gasteiger partial charge in [-0.1, -0.05) is 47.8 Å². The molecule has 0 aliphatic rings. The lowest BCUT2D eigenvalue weighted by molar-refractivity contribution is 0.813. The zero-order chi connectivity index (χ0) is 6.95. The second kappa shape index (κ2) is 8.22. The van der Waals surface area contributed by atoms with Crippen molar-refractivity contribution in [2.24, 2.45) is 0 Å². The van der Waals surface area contributed by atoms with E-state index in [4.69, 9.17) is 0 Å². The maximum Gasteiger partial charge on any atom is 0.00659 e. The molecule has 0 saturated heterocycles. The Balaban J connectivity index is 2.86. The van der Waals surface area contributed by atoms with Crippen LogP contribution in [-0.2, 0) is 0 Å². The van der Waals surface area contributed by atoms with Crippen molar-refractivity contribution in [1.82, 2.24) is 0 Å². The van der Waals surface area contributed by atoms with Gasteiger partial charge in [0.15, 0.2) is 0 Å². The van der Waals surface area contributed by atoms with Crippen LogP contribution in [0.1, 0.15) is 32.6 Å². The highest BCUT2D eigenvalue weighted by Gasteiger charge is 1.76. The van der Waals surface area contributed by atoms with Crippen LogP contribution < -0.4 is 0 Å². The van der Waals surface area contributed by atoms with Gasteiger partial charge >= 0.3 is 0 Å². The highest BCUT2D eigenvalue weighted by molar-refractivity contribution is 9.09. The van der Waals surface area contributed by atoms with Crippen LogP contribution in [0.3, 0.4) is 0 Å². The average molecular weight is 191 g/mol. The van der Waals surface area contributed by atoms with Gasteiger partial charge in [0, 0.05) is 5.33 Å². The lowest BCUT2D eigenvalue weighted by Crippen LogP contribution is -1.68. The topological polar surface area (TPSA) is 0 Å². The standard InChI is InChI=1S/C8H15Br/c1-2-3-4-5-6-7-8-9/h5-6H,2-4,7-8H2,1H3/b6-5-. The summed E-state index contributed by atoms with van der Waals surface area (Å²) in [5.74, 6) is 0. The van der Waals surface area contributed by atoms with E-state index in [2.05, 4.69) is 35.0 Å².